The van der Waals surface area contributed by atoms with Gasteiger partial charge in [-0.2, -0.15) is 0 Å². The molecule has 1 aliphatic carbocycles. The quantitative estimate of drug-likeness (QED) is 0.500. The van der Waals surface area contributed by atoms with Gasteiger partial charge in [0.05, 0.1) is 22.5 Å². The number of quaternary nitrogens is 1. The summed E-state index contributed by atoms with van der Waals surface area (Å²) < 4.78 is 0. The Hall–Kier alpha value is -3.26. The first kappa shape index (κ1) is 23.4. The molecule has 0 atom stereocenters. The van der Waals surface area contributed by atoms with Crippen molar-refractivity contribution in [1.82, 2.24) is 10.3 Å². The normalized spacial score (nSPS) is 15.0. The number of anilines is 1. The van der Waals surface area contributed by atoms with E-state index in [1.807, 2.05) is 0 Å². The molecule has 0 saturated heterocycles. The van der Waals surface area contributed by atoms with Crippen molar-refractivity contribution in [3.8, 4) is 0 Å². The summed E-state index contributed by atoms with van der Waals surface area (Å²) in [4.78, 5) is 30.1. The highest BCUT2D eigenvalue weighted by Gasteiger charge is 2.28. The summed E-state index contributed by atoms with van der Waals surface area (Å²) in [5.74, 6) is -0.490. The molecule has 0 radical (unpaired) electrons. The number of para-hydroxylation sites is 1. The number of hydrogen-bond donors (Lipinski definition) is 4. The number of carbonyl (C=O) groups is 2. The molecular formula is C23H22Cl2N5O2+. The van der Waals surface area contributed by atoms with Gasteiger partial charge < -0.3 is 10.6 Å². The van der Waals surface area contributed by atoms with E-state index in [1.165, 1.54) is 12.4 Å². The number of nitrogens with zero attached hydrogens (tertiary/aromatic N) is 1. The molecule has 0 unspecified atom stereocenters. The number of aryl methyl sites for hydroxylation is 1. The van der Waals surface area contributed by atoms with E-state index in [9.17, 15) is 9.59 Å². The van der Waals surface area contributed by atoms with Crippen LogP contribution in [-0.2, 0) is 4.79 Å². The van der Waals surface area contributed by atoms with Crippen molar-refractivity contribution in [3.63, 3.8) is 0 Å². The van der Waals surface area contributed by atoms with E-state index in [-0.39, 0.29) is 17.3 Å². The van der Waals surface area contributed by atoms with Crippen LogP contribution in [0.3, 0.4) is 0 Å². The Kier molecular flexibility index (Phi) is 7.25. The van der Waals surface area contributed by atoms with Gasteiger partial charge in [-0.3, -0.25) is 20.3 Å². The number of halogens is 2. The predicted molar refractivity (Wildman–Crippen MR) is 126 cm³/mol. The Labute approximate surface area is 195 Å². The minimum atomic E-state index is -0.527. The number of nitrogens with one attached hydrogen (secondary N) is 3. The Morgan fingerprint density at radius 2 is 1.84 bits per heavy atom. The van der Waals surface area contributed by atoms with Gasteiger partial charge in [-0.15, -0.1) is 0 Å². The van der Waals surface area contributed by atoms with Crippen LogP contribution in [0.25, 0.3) is 0 Å². The molecule has 0 aliphatic heterocycles. The number of nitrogens with two attached hydrogens (primary N) is 1. The highest BCUT2D eigenvalue weighted by atomic mass is 35.5. The molecule has 3 rings (SSSR count). The SMILES string of the molecule is CNC(=O)c1cccc(C)c1NC(=O)/C([NH2+]c1ncccc1Cl)=C1\C=C(Cl)C=C(C)C1=N. The highest BCUT2D eigenvalue weighted by Crippen LogP contribution is 2.25. The second-order valence-electron chi connectivity index (χ2n) is 7.10. The number of aromatic nitrogens is 1. The first-order valence-corrected chi connectivity index (χ1v) is 10.5. The summed E-state index contributed by atoms with van der Waals surface area (Å²) in [6.07, 6.45) is 4.77. The van der Waals surface area contributed by atoms with E-state index in [0.717, 1.165) is 0 Å². The van der Waals surface area contributed by atoms with Crippen LogP contribution in [0.2, 0.25) is 5.02 Å². The minimum absolute atomic E-state index is 0.146. The molecule has 2 amide bonds. The molecule has 0 bridgehead atoms. The van der Waals surface area contributed by atoms with E-state index in [1.54, 1.807) is 62.5 Å². The van der Waals surface area contributed by atoms with Gasteiger partial charge in [0.15, 0.2) is 0 Å². The van der Waals surface area contributed by atoms with Crippen molar-refractivity contribution in [2.45, 2.75) is 13.8 Å². The largest absolute Gasteiger partial charge is 0.355 e. The number of allylic oxidation sites excluding steroid dienone is 5. The van der Waals surface area contributed by atoms with Crippen LogP contribution in [-0.4, -0.2) is 29.6 Å². The van der Waals surface area contributed by atoms with Crippen LogP contribution >= 0.6 is 23.2 Å². The lowest BCUT2D eigenvalue weighted by molar-refractivity contribution is -0.515. The number of amides is 2. The molecule has 5 N–H and O–H groups in total. The molecule has 1 aromatic carbocycles. The first-order chi connectivity index (χ1) is 15.2. The lowest BCUT2D eigenvalue weighted by atomic mass is 9.96. The van der Waals surface area contributed by atoms with Gasteiger partial charge >= 0.3 is 5.91 Å². The third-order valence-corrected chi connectivity index (χ3v) is 5.42. The molecule has 2 aromatic rings. The maximum atomic E-state index is 13.5. The van der Waals surface area contributed by atoms with Gasteiger partial charge in [-0.25, -0.2) is 4.98 Å². The van der Waals surface area contributed by atoms with Crippen LogP contribution in [0.15, 0.2) is 70.6 Å². The minimum Gasteiger partial charge on any atom is -0.355 e. The van der Waals surface area contributed by atoms with Crippen LogP contribution in [0.5, 0.6) is 0 Å². The number of rotatable bonds is 5. The molecule has 0 saturated carbocycles. The third-order valence-electron chi connectivity index (χ3n) is 4.89. The zero-order valence-electron chi connectivity index (χ0n) is 17.7. The second-order valence-corrected chi connectivity index (χ2v) is 7.95. The fourth-order valence-electron chi connectivity index (χ4n) is 3.20. The number of pyridine rings is 1. The molecule has 1 aliphatic rings. The van der Waals surface area contributed by atoms with Gasteiger partial charge in [0.1, 0.15) is 5.02 Å². The smallest absolute Gasteiger partial charge is 0.310 e. The number of benzene rings is 1. The molecule has 32 heavy (non-hydrogen) atoms. The predicted octanol–water partition coefficient (Wildman–Crippen LogP) is 3.59. The molecular weight excluding hydrogens is 449 g/mol. The summed E-state index contributed by atoms with van der Waals surface area (Å²) in [7, 11) is 1.52. The van der Waals surface area contributed by atoms with E-state index >= 15 is 0 Å². The Bertz CT molecular complexity index is 1210. The van der Waals surface area contributed by atoms with Crippen LogP contribution < -0.4 is 16.0 Å². The van der Waals surface area contributed by atoms with E-state index in [2.05, 4.69) is 15.6 Å². The van der Waals surface area contributed by atoms with Gasteiger partial charge in [0.25, 0.3) is 5.91 Å². The highest BCUT2D eigenvalue weighted by molar-refractivity contribution is 6.34. The zero-order valence-corrected chi connectivity index (χ0v) is 19.2. The van der Waals surface area contributed by atoms with Crippen molar-refractivity contribution in [2.75, 3.05) is 12.4 Å². The summed E-state index contributed by atoms with van der Waals surface area (Å²) >= 11 is 12.5. The maximum Gasteiger partial charge on any atom is 0.310 e. The van der Waals surface area contributed by atoms with Crippen molar-refractivity contribution >= 4 is 52.2 Å². The summed E-state index contributed by atoms with van der Waals surface area (Å²) in [6.45, 7) is 3.53. The zero-order chi connectivity index (χ0) is 23.4. The topological polar surface area (TPSA) is 112 Å². The monoisotopic (exact) mass is 470 g/mol. The number of carbonyl (C=O) groups excluding carboxylic acids is 2. The number of hydrogen-bond acceptors (Lipinski definition) is 4. The van der Waals surface area contributed by atoms with Crippen molar-refractivity contribution in [3.05, 3.63) is 86.7 Å². The Morgan fingerprint density at radius 1 is 1.09 bits per heavy atom. The maximum absolute atomic E-state index is 13.5. The fraction of sp³-hybridized carbons (Fsp3) is 0.130. The second kappa shape index (κ2) is 9.91. The molecule has 164 valence electrons. The molecule has 1 heterocycles. The molecule has 9 heteroatoms. The summed E-state index contributed by atoms with van der Waals surface area (Å²) in [6, 6.07) is 8.50. The fourth-order valence-corrected chi connectivity index (χ4v) is 3.65. The van der Waals surface area contributed by atoms with Crippen LogP contribution in [0, 0.1) is 12.3 Å². The molecule has 7 nitrogen and oxygen atoms in total. The lowest BCUT2D eigenvalue weighted by Crippen LogP contribution is -2.79. The van der Waals surface area contributed by atoms with Gasteiger partial charge in [0, 0.05) is 18.3 Å². The lowest BCUT2D eigenvalue weighted by Gasteiger charge is -2.17. The molecule has 0 spiro atoms. The van der Waals surface area contributed by atoms with E-state index < -0.39 is 5.91 Å². The third kappa shape index (κ3) is 4.96. The van der Waals surface area contributed by atoms with Crippen LogP contribution in [0.1, 0.15) is 22.8 Å². The van der Waals surface area contributed by atoms with E-state index in [4.69, 9.17) is 28.6 Å². The van der Waals surface area contributed by atoms with Crippen molar-refractivity contribution in [1.29, 1.82) is 5.41 Å². The first-order valence-electron chi connectivity index (χ1n) is 9.70. The standard InChI is InChI=1S/C23H21Cl2N5O2/c1-12-6-4-7-15(22(31)27-3)19(12)30-23(32)20(29-21-17(25)8-5-9-28-21)16-11-14(24)10-13(2)18(16)26/h4-11,26H,1-3H3,(H,27,31)(H,28,29)(H,30,32)/p+1/b20-16-,26-18?. The van der Waals surface area contributed by atoms with Crippen molar-refractivity contribution in [2.24, 2.45) is 0 Å². The summed E-state index contributed by atoms with van der Waals surface area (Å²) in [5.41, 5.74) is 2.64. The average Bonchev–Trinajstić information content (AvgIpc) is 2.76. The van der Waals surface area contributed by atoms with Gasteiger partial charge in [-0.05, 0) is 55.3 Å². The summed E-state index contributed by atoms with van der Waals surface area (Å²) in [5, 5.41) is 16.2. The average molecular weight is 471 g/mol. The van der Waals surface area contributed by atoms with Gasteiger partial charge in [0.2, 0.25) is 11.5 Å². The molecule has 1 aromatic heterocycles. The Balaban J connectivity index is 2.12. The van der Waals surface area contributed by atoms with E-state index in [0.29, 0.717) is 43.8 Å². The molecule has 0 fully saturated rings. The Morgan fingerprint density at radius 3 is 2.53 bits per heavy atom. The van der Waals surface area contributed by atoms with Crippen molar-refractivity contribution < 1.29 is 14.9 Å². The van der Waals surface area contributed by atoms with Gasteiger partial charge in [-0.1, -0.05) is 35.3 Å². The van der Waals surface area contributed by atoms with Crippen LogP contribution in [0.4, 0.5) is 11.5 Å².